The number of aryl methyl sites for hydroxylation is 1. The molecule has 0 spiro atoms. The zero-order valence-electron chi connectivity index (χ0n) is 15.3. The quantitative estimate of drug-likeness (QED) is 0.574. The molecule has 6 heteroatoms. The predicted molar refractivity (Wildman–Crippen MR) is 108 cm³/mol. The van der Waals surface area contributed by atoms with Crippen molar-refractivity contribution in [2.75, 3.05) is 11.9 Å². The van der Waals surface area contributed by atoms with Crippen molar-refractivity contribution in [3.05, 3.63) is 78.6 Å². The van der Waals surface area contributed by atoms with E-state index in [1.165, 1.54) is 0 Å². The summed E-state index contributed by atoms with van der Waals surface area (Å²) < 4.78 is 5.55. The lowest BCUT2D eigenvalue weighted by Crippen LogP contribution is -2.20. The zero-order chi connectivity index (χ0) is 19.3. The molecule has 2 aromatic carbocycles. The molecule has 138 valence electrons. The second-order valence-corrected chi connectivity index (χ2v) is 6.33. The van der Waals surface area contributed by atoms with Gasteiger partial charge in [-0.3, -0.25) is 9.78 Å². The fourth-order valence-corrected chi connectivity index (χ4v) is 2.69. The Hall–Kier alpha value is -3.80. The van der Waals surface area contributed by atoms with Crippen LogP contribution in [-0.2, 0) is 4.79 Å². The number of nitrogens with zero attached hydrogens (tertiary/aromatic N) is 3. The molecule has 0 saturated heterocycles. The van der Waals surface area contributed by atoms with Gasteiger partial charge in [0.2, 0.25) is 0 Å². The fraction of sp³-hybridized carbons (Fsp3) is 0.0909. The lowest BCUT2D eigenvalue weighted by Gasteiger charge is -2.08. The molecule has 2 heterocycles. The number of nitrogens with one attached hydrogen (secondary N) is 1. The number of ether oxygens (including phenoxy) is 1. The van der Waals surface area contributed by atoms with E-state index in [1.54, 1.807) is 18.5 Å². The van der Waals surface area contributed by atoms with Crippen molar-refractivity contribution >= 4 is 22.8 Å². The summed E-state index contributed by atoms with van der Waals surface area (Å²) in [5.41, 5.74) is 4.46. The summed E-state index contributed by atoms with van der Waals surface area (Å²) in [6, 6.07) is 18.8. The number of hydrogen-bond acceptors (Lipinski definition) is 5. The summed E-state index contributed by atoms with van der Waals surface area (Å²) in [5.74, 6) is 0.842. The Labute approximate surface area is 162 Å². The monoisotopic (exact) mass is 370 g/mol. The minimum atomic E-state index is -0.263. The van der Waals surface area contributed by atoms with Crippen molar-refractivity contribution in [1.82, 2.24) is 15.0 Å². The van der Waals surface area contributed by atoms with E-state index in [1.807, 2.05) is 61.5 Å². The molecule has 6 nitrogen and oxygen atoms in total. The van der Waals surface area contributed by atoms with E-state index >= 15 is 0 Å². The lowest BCUT2D eigenvalue weighted by atomic mass is 10.1. The van der Waals surface area contributed by atoms with Gasteiger partial charge in [-0.2, -0.15) is 0 Å². The lowest BCUT2D eigenvalue weighted by molar-refractivity contribution is -0.118. The van der Waals surface area contributed by atoms with E-state index in [-0.39, 0.29) is 12.5 Å². The predicted octanol–water partition coefficient (Wildman–Crippen LogP) is 4.02. The molecule has 1 amide bonds. The van der Waals surface area contributed by atoms with Gasteiger partial charge in [-0.05, 0) is 55.0 Å². The van der Waals surface area contributed by atoms with Gasteiger partial charge in [0.1, 0.15) is 11.6 Å². The molecule has 0 aliphatic rings. The third-order valence-electron chi connectivity index (χ3n) is 4.15. The van der Waals surface area contributed by atoms with Gasteiger partial charge in [-0.25, -0.2) is 9.97 Å². The van der Waals surface area contributed by atoms with Gasteiger partial charge in [-0.15, -0.1) is 0 Å². The number of pyridine rings is 1. The number of fused-ring (bicyclic) bond motifs is 1. The van der Waals surface area contributed by atoms with E-state index in [0.29, 0.717) is 11.6 Å². The first-order valence-corrected chi connectivity index (χ1v) is 8.85. The Balaban J connectivity index is 1.38. The van der Waals surface area contributed by atoms with Crippen LogP contribution in [0.1, 0.15) is 5.56 Å². The number of amides is 1. The summed E-state index contributed by atoms with van der Waals surface area (Å²) >= 11 is 0. The van der Waals surface area contributed by atoms with Crippen LogP contribution in [0.15, 0.2) is 73.1 Å². The van der Waals surface area contributed by atoms with Gasteiger partial charge in [-0.1, -0.05) is 18.2 Å². The van der Waals surface area contributed by atoms with Crippen LogP contribution in [-0.4, -0.2) is 27.5 Å². The summed E-state index contributed by atoms with van der Waals surface area (Å²) in [7, 11) is 0. The molecular weight excluding hydrogens is 352 g/mol. The van der Waals surface area contributed by atoms with Crippen molar-refractivity contribution in [1.29, 1.82) is 0 Å². The number of anilines is 1. The van der Waals surface area contributed by atoms with Crippen LogP contribution in [0.25, 0.3) is 22.3 Å². The maximum atomic E-state index is 12.0. The van der Waals surface area contributed by atoms with Crippen LogP contribution in [0.2, 0.25) is 0 Å². The number of para-hydroxylation sites is 2. The summed E-state index contributed by atoms with van der Waals surface area (Å²) in [6.07, 6.45) is 3.45. The summed E-state index contributed by atoms with van der Waals surface area (Å²) in [4.78, 5) is 25.2. The highest BCUT2D eigenvalue weighted by Gasteiger charge is 2.06. The average molecular weight is 370 g/mol. The molecule has 2 aromatic heterocycles. The van der Waals surface area contributed by atoms with Crippen LogP contribution in [0.5, 0.6) is 5.75 Å². The fourth-order valence-electron chi connectivity index (χ4n) is 2.69. The molecule has 0 aliphatic heterocycles. The molecule has 0 unspecified atom stereocenters. The SMILES string of the molecule is Cc1ccc(NC(=O)COc2ccc(-c3cnc4ccccc4n3)cc2)nc1. The van der Waals surface area contributed by atoms with E-state index in [9.17, 15) is 4.79 Å². The maximum absolute atomic E-state index is 12.0. The smallest absolute Gasteiger partial charge is 0.263 e. The molecule has 0 aliphatic carbocycles. The van der Waals surface area contributed by atoms with Crippen molar-refractivity contribution in [3.63, 3.8) is 0 Å². The minimum Gasteiger partial charge on any atom is -0.484 e. The third kappa shape index (κ3) is 4.12. The van der Waals surface area contributed by atoms with Crippen molar-refractivity contribution in [2.24, 2.45) is 0 Å². The van der Waals surface area contributed by atoms with Crippen LogP contribution in [0.4, 0.5) is 5.82 Å². The maximum Gasteiger partial charge on any atom is 0.263 e. The molecule has 1 N–H and O–H groups in total. The largest absolute Gasteiger partial charge is 0.484 e. The van der Waals surface area contributed by atoms with Crippen LogP contribution in [0.3, 0.4) is 0 Å². The van der Waals surface area contributed by atoms with Gasteiger partial charge in [0.15, 0.2) is 6.61 Å². The second-order valence-electron chi connectivity index (χ2n) is 6.33. The van der Waals surface area contributed by atoms with E-state index in [2.05, 4.69) is 20.3 Å². The van der Waals surface area contributed by atoms with Crippen LogP contribution in [0, 0.1) is 6.92 Å². The molecule has 0 atom stereocenters. The van der Waals surface area contributed by atoms with Crippen molar-refractivity contribution < 1.29 is 9.53 Å². The molecule has 0 radical (unpaired) electrons. The van der Waals surface area contributed by atoms with Crippen molar-refractivity contribution in [2.45, 2.75) is 6.92 Å². The molecule has 4 aromatic rings. The highest BCUT2D eigenvalue weighted by molar-refractivity contribution is 5.90. The molecule has 0 bridgehead atoms. The van der Waals surface area contributed by atoms with Crippen LogP contribution < -0.4 is 10.1 Å². The number of aromatic nitrogens is 3. The molecule has 28 heavy (non-hydrogen) atoms. The van der Waals surface area contributed by atoms with Crippen LogP contribution >= 0.6 is 0 Å². The Bertz CT molecular complexity index is 1110. The number of benzene rings is 2. The van der Waals surface area contributed by atoms with Gasteiger partial charge in [0.05, 0.1) is 22.9 Å². The summed E-state index contributed by atoms with van der Waals surface area (Å²) in [6.45, 7) is 1.85. The average Bonchev–Trinajstić information content (AvgIpc) is 2.74. The number of rotatable bonds is 5. The highest BCUT2D eigenvalue weighted by Crippen LogP contribution is 2.22. The first kappa shape index (κ1) is 17.6. The standard InChI is InChI=1S/C22H18N4O2/c1-15-6-11-21(24-12-15)26-22(27)14-28-17-9-7-16(8-10-17)20-13-23-18-4-2-3-5-19(18)25-20/h2-13H,14H2,1H3,(H,24,26,27). The molecular formula is C22H18N4O2. The van der Waals surface area contributed by atoms with E-state index < -0.39 is 0 Å². The van der Waals surface area contributed by atoms with Gasteiger partial charge >= 0.3 is 0 Å². The van der Waals surface area contributed by atoms with E-state index in [4.69, 9.17) is 4.74 Å². The van der Waals surface area contributed by atoms with Gasteiger partial charge in [0.25, 0.3) is 5.91 Å². The van der Waals surface area contributed by atoms with Gasteiger partial charge in [0, 0.05) is 11.8 Å². The first-order chi connectivity index (χ1) is 13.7. The number of hydrogen-bond donors (Lipinski definition) is 1. The topological polar surface area (TPSA) is 77.0 Å². The zero-order valence-corrected chi connectivity index (χ0v) is 15.3. The molecule has 0 fully saturated rings. The normalized spacial score (nSPS) is 10.6. The number of carbonyl (C=O) groups excluding carboxylic acids is 1. The Morgan fingerprint density at radius 2 is 1.71 bits per heavy atom. The van der Waals surface area contributed by atoms with E-state index in [0.717, 1.165) is 27.9 Å². The second kappa shape index (κ2) is 7.84. The number of carbonyl (C=O) groups is 1. The molecule has 4 rings (SSSR count). The summed E-state index contributed by atoms with van der Waals surface area (Å²) in [5, 5.41) is 2.70. The van der Waals surface area contributed by atoms with Gasteiger partial charge < -0.3 is 10.1 Å². The Morgan fingerprint density at radius 3 is 2.46 bits per heavy atom. The highest BCUT2D eigenvalue weighted by atomic mass is 16.5. The molecule has 0 saturated carbocycles. The first-order valence-electron chi connectivity index (χ1n) is 8.85. The third-order valence-corrected chi connectivity index (χ3v) is 4.15. The Morgan fingerprint density at radius 1 is 0.929 bits per heavy atom. The van der Waals surface area contributed by atoms with Crippen molar-refractivity contribution in [3.8, 4) is 17.0 Å². The Kier molecular flexibility index (Phi) is 4.93. The minimum absolute atomic E-state index is 0.0926.